The molecule has 0 spiro atoms. The van der Waals surface area contributed by atoms with E-state index in [9.17, 15) is 0 Å². The fourth-order valence-corrected chi connectivity index (χ4v) is 1.71. The molecule has 1 aromatic rings. The van der Waals surface area contributed by atoms with Gasteiger partial charge in [-0.05, 0) is 18.9 Å². The van der Waals surface area contributed by atoms with Gasteiger partial charge in [-0.2, -0.15) is 0 Å². The standard InChI is InChI=1S/C8H12ClN3/c1-12-7(9)4-11-8(12)6-2-5(6)3-10/h4-6H,2-3,10H2,1H3. The lowest BCUT2D eigenvalue weighted by Gasteiger charge is -1.99. The minimum atomic E-state index is 0.549. The Kier molecular flexibility index (Phi) is 1.85. The van der Waals surface area contributed by atoms with Crippen LogP contribution in [0.4, 0.5) is 0 Å². The van der Waals surface area contributed by atoms with Crippen molar-refractivity contribution >= 4 is 11.6 Å². The van der Waals surface area contributed by atoms with Gasteiger partial charge < -0.3 is 10.3 Å². The van der Waals surface area contributed by atoms with Gasteiger partial charge in [-0.25, -0.2) is 4.98 Å². The van der Waals surface area contributed by atoms with Gasteiger partial charge in [0.2, 0.25) is 0 Å². The third kappa shape index (κ3) is 1.13. The third-order valence-electron chi connectivity index (χ3n) is 2.52. The van der Waals surface area contributed by atoms with Gasteiger partial charge in [-0.15, -0.1) is 0 Å². The highest BCUT2D eigenvalue weighted by Crippen LogP contribution is 2.46. The molecule has 3 nitrogen and oxygen atoms in total. The minimum absolute atomic E-state index is 0.549. The van der Waals surface area contributed by atoms with Gasteiger partial charge >= 0.3 is 0 Å². The Labute approximate surface area is 76.5 Å². The Morgan fingerprint density at radius 3 is 3.00 bits per heavy atom. The van der Waals surface area contributed by atoms with Crippen LogP contribution in [0.5, 0.6) is 0 Å². The van der Waals surface area contributed by atoms with E-state index in [1.807, 2.05) is 11.6 Å². The second kappa shape index (κ2) is 2.75. The SMILES string of the molecule is Cn1c(Cl)cnc1C1CC1CN. The van der Waals surface area contributed by atoms with Gasteiger partial charge in [0.25, 0.3) is 0 Å². The zero-order valence-corrected chi connectivity index (χ0v) is 7.75. The molecule has 66 valence electrons. The number of nitrogens with zero attached hydrogens (tertiary/aromatic N) is 2. The lowest BCUT2D eigenvalue weighted by Crippen LogP contribution is -2.04. The molecule has 1 aliphatic rings. The molecule has 1 aromatic heterocycles. The van der Waals surface area contributed by atoms with E-state index in [4.69, 9.17) is 17.3 Å². The zero-order valence-electron chi connectivity index (χ0n) is 7.00. The molecule has 1 saturated carbocycles. The maximum absolute atomic E-state index is 5.86. The summed E-state index contributed by atoms with van der Waals surface area (Å²) in [7, 11) is 1.94. The van der Waals surface area contributed by atoms with Crippen molar-refractivity contribution in [3.8, 4) is 0 Å². The average Bonchev–Trinajstić information content (AvgIpc) is 2.77. The molecular weight excluding hydrogens is 174 g/mol. The van der Waals surface area contributed by atoms with Crippen LogP contribution in [0.1, 0.15) is 18.2 Å². The van der Waals surface area contributed by atoms with Crippen molar-refractivity contribution in [3.63, 3.8) is 0 Å². The van der Waals surface area contributed by atoms with Gasteiger partial charge in [0.05, 0.1) is 6.20 Å². The van der Waals surface area contributed by atoms with E-state index in [1.165, 1.54) is 0 Å². The summed E-state index contributed by atoms with van der Waals surface area (Å²) >= 11 is 5.86. The van der Waals surface area contributed by atoms with E-state index in [1.54, 1.807) is 6.20 Å². The largest absolute Gasteiger partial charge is 0.330 e. The molecule has 0 amide bonds. The van der Waals surface area contributed by atoms with Gasteiger partial charge in [0.15, 0.2) is 0 Å². The number of imidazole rings is 1. The van der Waals surface area contributed by atoms with Crippen LogP contribution >= 0.6 is 11.6 Å². The molecule has 0 aromatic carbocycles. The normalized spacial score (nSPS) is 27.6. The summed E-state index contributed by atoms with van der Waals surface area (Å²) in [4.78, 5) is 4.25. The molecule has 2 unspecified atom stereocenters. The number of nitrogens with two attached hydrogens (primary N) is 1. The van der Waals surface area contributed by atoms with Gasteiger partial charge in [-0.3, -0.25) is 0 Å². The van der Waals surface area contributed by atoms with E-state index in [-0.39, 0.29) is 0 Å². The maximum atomic E-state index is 5.86. The van der Waals surface area contributed by atoms with Crippen molar-refractivity contribution < 1.29 is 0 Å². The maximum Gasteiger partial charge on any atom is 0.128 e. The molecule has 2 rings (SSSR count). The zero-order chi connectivity index (χ0) is 8.72. The van der Waals surface area contributed by atoms with Crippen LogP contribution in [0.2, 0.25) is 5.15 Å². The van der Waals surface area contributed by atoms with Gasteiger partial charge in [0.1, 0.15) is 11.0 Å². The number of hydrogen-bond donors (Lipinski definition) is 1. The first-order chi connectivity index (χ1) is 5.74. The Balaban J connectivity index is 2.20. The molecule has 1 fully saturated rings. The summed E-state index contributed by atoms with van der Waals surface area (Å²) in [6.45, 7) is 0.759. The molecule has 0 aliphatic heterocycles. The van der Waals surface area contributed by atoms with Gasteiger partial charge in [0, 0.05) is 13.0 Å². The summed E-state index contributed by atoms with van der Waals surface area (Å²) < 4.78 is 1.93. The topological polar surface area (TPSA) is 43.8 Å². The first kappa shape index (κ1) is 8.08. The van der Waals surface area contributed by atoms with Crippen molar-refractivity contribution in [2.45, 2.75) is 12.3 Å². The third-order valence-corrected chi connectivity index (χ3v) is 2.88. The smallest absolute Gasteiger partial charge is 0.128 e. The first-order valence-electron chi connectivity index (χ1n) is 4.11. The summed E-state index contributed by atoms with van der Waals surface area (Å²) in [5, 5.41) is 0.702. The van der Waals surface area contributed by atoms with E-state index in [0.29, 0.717) is 17.0 Å². The van der Waals surface area contributed by atoms with Crippen molar-refractivity contribution in [1.82, 2.24) is 9.55 Å². The Morgan fingerprint density at radius 2 is 2.58 bits per heavy atom. The van der Waals surface area contributed by atoms with E-state index < -0.39 is 0 Å². The molecular formula is C8H12ClN3. The van der Waals surface area contributed by atoms with Crippen molar-refractivity contribution in [2.24, 2.45) is 18.7 Å². The summed E-state index contributed by atoms with van der Waals surface area (Å²) in [5.41, 5.74) is 5.55. The molecule has 1 heterocycles. The second-order valence-electron chi connectivity index (χ2n) is 3.34. The Morgan fingerprint density at radius 1 is 1.83 bits per heavy atom. The van der Waals surface area contributed by atoms with Crippen LogP contribution in [0, 0.1) is 5.92 Å². The van der Waals surface area contributed by atoms with E-state index in [0.717, 1.165) is 18.8 Å². The number of hydrogen-bond acceptors (Lipinski definition) is 2. The van der Waals surface area contributed by atoms with Gasteiger partial charge in [-0.1, -0.05) is 11.6 Å². The summed E-state index contributed by atoms with van der Waals surface area (Å²) in [6, 6.07) is 0. The molecule has 1 aliphatic carbocycles. The van der Waals surface area contributed by atoms with E-state index >= 15 is 0 Å². The number of aromatic nitrogens is 2. The second-order valence-corrected chi connectivity index (χ2v) is 3.72. The van der Waals surface area contributed by atoms with Crippen LogP contribution in [-0.2, 0) is 7.05 Å². The predicted molar refractivity (Wildman–Crippen MR) is 48.1 cm³/mol. The highest BCUT2D eigenvalue weighted by atomic mass is 35.5. The molecule has 2 N–H and O–H groups in total. The fraction of sp³-hybridized carbons (Fsp3) is 0.625. The molecule has 0 radical (unpaired) electrons. The predicted octanol–water partition coefficient (Wildman–Crippen LogP) is 1.14. The molecule has 2 atom stereocenters. The van der Waals surface area contributed by atoms with Crippen molar-refractivity contribution in [2.75, 3.05) is 6.54 Å². The molecule has 12 heavy (non-hydrogen) atoms. The van der Waals surface area contributed by atoms with Crippen LogP contribution in [0.25, 0.3) is 0 Å². The van der Waals surface area contributed by atoms with Crippen molar-refractivity contribution in [3.05, 3.63) is 17.2 Å². The van der Waals surface area contributed by atoms with Crippen LogP contribution in [-0.4, -0.2) is 16.1 Å². The van der Waals surface area contributed by atoms with Crippen molar-refractivity contribution in [1.29, 1.82) is 0 Å². The highest BCUT2D eigenvalue weighted by Gasteiger charge is 2.40. The van der Waals surface area contributed by atoms with Crippen LogP contribution in [0.3, 0.4) is 0 Å². The Bertz CT molecular complexity index is 294. The fourth-order valence-electron chi connectivity index (χ4n) is 1.57. The first-order valence-corrected chi connectivity index (χ1v) is 4.49. The quantitative estimate of drug-likeness (QED) is 0.751. The minimum Gasteiger partial charge on any atom is -0.330 e. The number of rotatable bonds is 2. The van der Waals surface area contributed by atoms with Crippen LogP contribution in [0.15, 0.2) is 6.20 Å². The average molecular weight is 186 g/mol. The van der Waals surface area contributed by atoms with E-state index in [2.05, 4.69) is 4.98 Å². The highest BCUT2D eigenvalue weighted by molar-refractivity contribution is 6.29. The Hall–Kier alpha value is -0.540. The molecule has 0 saturated heterocycles. The summed E-state index contributed by atoms with van der Waals surface area (Å²) in [6.07, 6.45) is 2.86. The molecule has 0 bridgehead atoms. The monoisotopic (exact) mass is 185 g/mol. The lowest BCUT2D eigenvalue weighted by molar-refractivity contribution is 0.735. The molecule has 4 heteroatoms. The number of halogens is 1. The lowest BCUT2D eigenvalue weighted by atomic mass is 10.3. The summed E-state index contributed by atoms with van der Waals surface area (Å²) in [5.74, 6) is 2.25. The van der Waals surface area contributed by atoms with Crippen LogP contribution < -0.4 is 5.73 Å².